The lowest BCUT2D eigenvalue weighted by molar-refractivity contribution is 0.199. The second kappa shape index (κ2) is 10.7. The minimum Gasteiger partial charge on any atom is -0.497 e. The second-order valence-corrected chi connectivity index (χ2v) is 9.39. The fraction of sp³-hybridized carbons (Fsp3) is 0.261. The molecule has 11 nitrogen and oxygen atoms in total. The Kier molecular flexibility index (Phi) is 7.44. The first kappa shape index (κ1) is 24.4. The summed E-state index contributed by atoms with van der Waals surface area (Å²) in [6.07, 6.45) is 2.83. The topological polar surface area (TPSA) is 132 Å². The van der Waals surface area contributed by atoms with Crippen molar-refractivity contribution in [3.8, 4) is 5.75 Å². The number of hydrogen-bond acceptors (Lipinski definition) is 9. The Morgan fingerprint density at radius 2 is 1.77 bits per heavy atom. The summed E-state index contributed by atoms with van der Waals surface area (Å²) in [6, 6.07) is 12.9. The molecule has 12 heteroatoms. The van der Waals surface area contributed by atoms with Crippen LogP contribution in [0.4, 0.5) is 17.3 Å². The number of aryl methyl sites for hydroxylation is 1. The van der Waals surface area contributed by atoms with E-state index in [2.05, 4.69) is 30.3 Å². The highest BCUT2D eigenvalue weighted by atomic mass is 32.2. The molecule has 4 rings (SSSR count). The van der Waals surface area contributed by atoms with Crippen molar-refractivity contribution in [1.29, 1.82) is 0 Å². The third-order valence-electron chi connectivity index (χ3n) is 5.03. The van der Waals surface area contributed by atoms with E-state index < -0.39 is 10.0 Å². The Bertz CT molecular complexity index is 1420. The summed E-state index contributed by atoms with van der Waals surface area (Å²) in [4.78, 5) is 13.1. The van der Waals surface area contributed by atoms with Gasteiger partial charge in [0.25, 0.3) is 10.0 Å². The van der Waals surface area contributed by atoms with Gasteiger partial charge in [0.15, 0.2) is 16.7 Å². The molecule has 0 fully saturated rings. The third-order valence-corrected chi connectivity index (χ3v) is 6.26. The summed E-state index contributed by atoms with van der Waals surface area (Å²) >= 11 is 0. The lowest BCUT2D eigenvalue weighted by Crippen LogP contribution is -2.18. The number of benzene rings is 2. The third kappa shape index (κ3) is 6.04. The summed E-state index contributed by atoms with van der Waals surface area (Å²) in [5, 5.41) is 6.38. The maximum Gasteiger partial charge on any atom is 0.282 e. The van der Waals surface area contributed by atoms with E-state index in [1.807, 2.05) is 24.3 Å². The van der Waals surface area contributed by atoms with E-state index in [1.165, 1.54) is 12.5 Å². The van der Waals surface area contributed by atoms with Gasteiger partial charge in [-0.1, -0.05) is 12.1 Å². The number of fused-ring (bicyclic) bond motifs is 1. The van der Waals surface area contributed by atoms with E-state index in [-0.39, 0.29) is 16.7 Å². The number of imidazole rings is 1. The molecule has 3 N–H and O–H groups in total. The van der Waals surface area contributed by atoms with E-state index in [4.69, 9.17) is 9.47 Å². The molecule has 0 radical (unpaired) electrons. The molecule has 0 aliphatic rings. The van der Waals surface area contributed by atoms with Crippen LogP contribution in [0.2, 0.25) is 0 Å². The lowest BCUT2D eigenvalue weighted by Gasteiger charge is -2.15. The van der Waals surface area contributed by atoms with E-state index >= 15 is 0 Å². The van der Waals surface area contributed by atoms with Crippen LogP contribution in [0.25, 0.3) is 11.0 Å². The van der Waals surface area contributed by atoms with Gasteiger partial charge in [-0.25, -0.2) is 15.0 Å². The average Bonchev–Trinajstić information content (AvgIpc) is 3.29. The van der Waals surface area contributed by atoms with Crippen molar-refractivity contribution in [2.45, 2.75) is 11.6 Å². The number of sulfonamides is 1. The molecule has 184 valence electrons. The molecule has 0 spiro atoms. The van der Waals surface area contributed by atoms with Gasteiger partial charge >= 0.3 is 0 Å². The lowest BCUT2D eigenvalue weighted by atomic mass is 10.2. The van der Waals surface area contributed by atoms with Gasteiger partial charge in [-0.3, -0.25) is 4.72 Å². The molecule has 35 heavy (non-hydrogen) atoms. The second-order valence-electron chi connectivity index (χ2n) is 7.76. The first-order valence-electron chi connectivity index (χ1n) is 10.8. The number of anilines is 3. The highest BCUT2D eigenvalue weighted by Gasteiger charge is 2.21. The molecule has 2 aromatic carbocycles. The highest BCUT2D eigenvalue weighted by Crippen LogP contribution is 2.29. The van der Waals surface area contributed by atoms with E-state index in [0.29, 0.717) is 42.2 Å². The van der Waals surface area contributed by atoms with Gasteiger partial charge in [-0.15, -0.1) is 0 Å². The number of nitrogens with zero attached hydrogens (tertiary/aromatic N) is 4. The van der Waals surface area contributed by atoms with Crippen molar-refractivity contribution in [3.05, 3.63) is 60.6 Å². The molecule has 0 amide bonds. The van der Waals surface area contributed by atoms with Gasteiger partial charge in [-0.2, -0.15) is 8.42 Å². The van der Waals surface area contributed by atoms with Crippen LogP contribution in [0.1, 0.15) is 5.56 Å². The van der Waals surface area contributed by atoms with Gasteiger partial charge in [-0.05, 0) is 29.8 Å². The van der Waals surface area contributed by atoms with Crippen molar-refractivity contribution in [1.82, 2.24) is 24.8 Å². The predicted octanol–water partition coefficient (Wildman–Crippen LogP) is 2.65. The van der Waals surface area contributed by atoms with Crippen LogP contribution >= 0.6 is 0 Å². The van der Waals surface area contributed by atoms with Gasteiger partial charge in [0.2, 0.25) is 0 Å². The SMILES string of the molecule is COCCNCc1cc(Nc2nc3ccccc3nc2NS(=O)(=O)c2cn(C)cn2)cc(OC)c1. The van der Waals surface area contributed by atoms with Gasteiger partial charge < -0.3 is 24.7 Å². The molecule has 0 atom stereocenters. The van der Waals surface area contributed by atoms with Gasteiger partial charge in [0.05, 0.1) is 31.1 Å². The fourth-order valence-corrected chi connectivity index (χ4v) is 4.35. The minimum atomic E-state index is -3.99. The number of para-hydroxylation sites is 2. The molecule has 0 aliphatic carbocycles. The minimum absolute atomic E-state index is 0.0527. The fourth-order valence-electron chi connectivity index (χ4n) is 3.36. The zero-order valence-corrected chi connectivity index (χ0v) is 20.5. The van der Waals surface area contributed by atoms with Crippen LogP contribution in [0.3, 0.4) is 0 Å². The van der Waals surface area contributed by atoms with Crippen molar-refractivity contribution < 1.29 is 17.9 Å². The first-order chi connectivity index (χ1) is 16.9. The normalized spacial score (nSPS) is 11.5. The van der Waals surface area contributed by atoms with E-state index in [9.17, 15) is 8.42 Å². The molecular weight excluding hydrogens is 470 g/mol. The number of nitrogens with one attached hydrogen (secondary N) is 3. The number of methoxy groups -OCH3 is 2. The molecule has 2 heterocycles. The van der Waals surface area contributed by atoms with Gasteiger partial charge in [0, 0.05) is 45.2 Å². The number of ether oxygens (including phenoxy) is 2. The Labute approximate surface area is 203 Å². The molecule has 0 saturated heterocycles. The van der Waals surface area contributed by atoms with Gasteiger partial charge in [0.1, 0.15) is 5.75 Å². The van der Waals surface area contributed by atoms with Crippen LogP contribution in [0.5, 0.6) is 5.75 Å². The monoisotopic (exact) mass is 497 g/mol. The molecule has 2 aromatic heterocycles. The number of rotatable bonds is 11. The Hall–Kier alpha value is -3.74. The first-order valence-corrected chi connectivity index (χ1v) is 12.3. The van der Waals surface area contributed by atoms with Crippen LogP contribution in [0.15, 0.2) is 60.0 Å². The van der Waals surface area contributed by atoms with Crippen LogP contribution < -0.4 is 20.1 Å². The molecule has 0 unspecified atom stereocenters. The van der Waals surface area contributed by atoms with Crippen molar-refractivity contribution in [2.24, 2.45) is 7.05 Å². The van der Waals surface area contributed by atoms with Crippen LogP contribution in [-0.2, 0) is 28.4 Å². The molecule has 0 bridgehead atoms. The summed E-state index contributed by atoms with van der Waals surface area (Å²) in [5.41, 5.74) is 2.79. The maximum absolute atomic E-state index is 13.0. The summed E-state index contributed by atoms with van der Waals surface area (Å²) in [7, 11) is 0.948. The smallest absolute Gasteiger partial charge is 0.282 e. The molecule has 4 aromatic rings. The Balaban J connectivity index is 1.69. The average molecular weight is 498 g/mol. The van der Waals surface area contributed by atoms with Crippen LogP contribution in [-0.4, -0.2) is 55.3 Å². The Morgan fingerprint density at radius 1 is 1.03 bits per heavy atom. The number of hydrogen-bond donors (Lipinski definition) is 3. The zero-order chi connectivity index (χ0) is 24.8. The largest absolute Gasteiger partial charge is 0.497 e. The Morgan fingerprint density at radius 3 is 2.43 bits per heavy atom. The maximum atomic E-state index is 13.0. The standard InChI is InChI=1S/C23H27N7O4S/c1-30-14-21(25-15-30)35(31,32)29-23-22(27-19-6-4-5-7-20(19)28-23)26-17-10-16(11-18(12-17)34-3)13-24-8-9-33-2/h4-7,10-12,14-15,24H,8-9,13H2,1-3H3,(H,26,27)(H,28,29). The highest BCUT2D eigenvalue weighted by molar-refractivity contribution is 7.92. The van der Waals surface area contributed by atoms with Crippen LogP contribution in [0, 0.1) is 0 Å². The van der Waals surface area contributed by atoms with Crippen molar-refractivity contribution in [2.75, 3.05) is 37.4 Å². The van der Waals surface area contributed by atoms with Crippen molar-refractivity contribution in [3.63, 3.8) is 0 Å². The summed E-state index contributed by atoms with van der Waals surface area (Å²) in [6.45, 7) is 1.89. The molecular formula is C23H27N7O4S. The summed E-state index contributed by atoms with van der Waals surface area (Å²) < 4.78 is 40.5. The predicted molar refractivity (Wildman–Crippen MR) is 133 cm³/mol. The van der Waals surface area contributed by atoms with E-state index in [1.54, 1.807) is 44.0 Å². The molecule has 0 saturated carbocycles. The quantitative estimate of drug-likeness (QED) is 0.268. The van der Waals surface area contributed by atoms with Crippen molar-refractivity contribution >= 4 is 38.4 Å². The number of aromatic nitrogens is 4. The zero-order valence-electron chi connectivity index (χ0n) is 19.6. The van der Waals surface area contributed by atoms with E-state index in [0.717, 1.165) is 5.56 Å². The molecule has 0 aliphatic heterocycles. The summed E-state index contributed by atoms with van der Waals surface area (Å²) in [5.74, 6) is 0.939.